The summed E-state index contributed by atoms with van der Waals surface area (Å²) in [6, 6.07) is 3.82. The fraction of sp³-hybridized carbons (Fsp3) is 0.524. The molecule has 1 aromatic carbocycles. The number of ether oxygens (including phenoxy) is 3. The molecule has 3 rings (SSSR count). The van der Waals surface area contributed by atoms with E-state index in [4.69, 9.17) is 14.2 Å². The molecule has 146 valence electrons. The minimum absolute atomic E-state index is 0.0624. The average molecular weight is 373 g/mol. The fourth-order valence-electron chi connectivity index (χ4n) is 3.91. The molecule has 3 atom stereocenters. The quantitative estimate of drug-likeness (QED) is 0.433. The maximum Gasteiger partial charge on any atom is 0.308 e. The highest BCUT2D eigenvalue weighted by atomic mass is 16.6. The van der Waals surface area contributed by atoms with Crippen molar-refractivity contribution in [3.05, 3.63) is 35.4 Å². The Bertz CT molecular complexity index is 757. The fourth-order valence-corrected chi connectivity index (χ4v) is 3.91. The summed E-state index contributed by atoms with van der Waals surface area (Å²) in [4.78, 5) is 25.0. The summed E-state index contributed by atoms with van der Waals surface area (Å²) in [5.41, 5.74) is 2.24. The van der Waals surface area contributed by atoms with E-state index >= 15 is 0 Å². The molecule has 1 aliphatic heterocycles. The highest BCUT2D eigenvalue weighted by Gasteiger charge is 2.41. The van der Waals surface area contributed by atoms with Crippen LogP contribution < -0.4 is 9.47 Å². The molecule has 0 saturated carbocycles. The third-order valence-electron chi connectivity index (χ3n) is 4.87. The lowest BCUT2D eigenvalue weighted by Crippen LogP contribution is -2.30. The molecule has 0 amide bonds. The van der Waals surface area contributed by atoms with Crippen LogP contribution in [0, 0.1) is 0 Å². The molecular formula is C21H27NO5. The minimum atomic E-state index is -0.375. The lowest BCUT2D eigenvalue weighted by molar-refractivity contribution is -0.145. The van der Waals surface area contributed by atoms with E-state index in [1.54, 1.807) is 6.07 Å². The number of carbonyl (C=O) groups excluding carboxylic acids is 2. The van der Waals surface area contributed by atoms with Gasteiger partial charge in [0.05, 0.1) is 0 Å². The van der Waals surface area contributed by atoms with E-state index in [0.717, 1.165) is 25.1 Å². The van der Waals surface area contributed by atoms with Crippen LogP contribution in [0.4, 0.5) is 0 Å². The Labute approximate surface area is 160 Å². The van der Waals surface area contributed by atoms with Crippen LogP contribution in [0.5, 0.6) is 11.5 Å². The third kappa shape index (κ3) is 4.33. The number of hydrogen-bond acceptors (Lipinski definition) is 6. The molecule has 0 fully saturated rings. The molecule has 0 bridgehead atoms. The number of benzene rings is 1. The molecule has 0 saturated heterocycles. The molecule has 0 radical (unpaired) electrons. The first-order valence-corrected chi connectivity index (χ1v) is 9.44. The molecule has 1 heterocycles. The monoisotopic (exact) mass is 373 g/mol. The normalized spacial score (nSPS) is 22.8. The number of nitrogens with zero attached hydrogens (tertiary/aromatic N) is 1. The first-order valence-electron chi connectivity index (χ1n) is 9.44. The standard InChI is InChI=1S/C21H27NO5/c1-5-10-22(4)12-15-6-9-18(26-14(3)24)21-20(15)17-8-7-16(25-13(2)23)11-19(17)27-21/h6-9,16-17,19H,5,10-12H2,1-4H3/t16-,17+,19-/m0/s1. The van der Waals surface area contributed by atoms with Gasteiger partial charge in [-0.2, -0.15) is 0 Å². The van der Waals surface area contributed by atoms with Gasteiger partial charge in [0.1, 0.15) is 12.2 Å². The topological polar surface area (TPSA) is 65.1 Å². The summed E-state index contributed by atoms with van der Waals surface area (Å²) >= 11 is 0. The summed E-state index contributed by atoms with van der Waals surface area (Å²) in [5, 5.41) is 0. The molecule has 27 heavy (non-hydrogen) atoms. The highest BCUT2D eigenvalue weighted by molar-refractivity contribution is 5.72. The Morgan fingerprint density at radius 2 is 2.00 bits per heavy atom. The van der Waals surface area contributed by atoms with Gasteiger partial charge in [-0.15, -0.1) is 0 Å². The minimum Gasteiger partial charge on any atom is -0.485 e. The number of hydrogen-bond donors (Lipinski definition) is 0. The predicted octanol–water partition coefficient (Wildman–Crippen LogP) is 3.19. The van der Waals surface area contributed by atoms with Crippen molar-refractivity contribution in [1.82, 2.24) is 4.90 Å². The van der Waals surface area contributed by atoms with Gasteiger partial charge in [0, 0.05) is 38.3 Å². The van der Waals surface area contributed by atoms with Crippen molar-refractivity contribution in [2.75, 3.05) is 13.6 Å². The van der Waals surface area contributed by atoms with Crippen LogP contribution in [0.15, 0.2) is 24.3 Å². The summed E-state index contributed by atoms with van der Waals surface area (Å²) in [6.45, 7) is 6.74. The van der Waals surface area contributed by atoms with Gasteiger partial charge in [0.25, 0.3) is 0 Å². The van der Waals surface area contributed by atoms with Gasteiger partial charge in [-0.1, -0.05) is 19.1 Å². The number of carbonyl (C=O) groups is 2. The van der Waals surface area contributed by atoms with Crippen molar-refractivity contribution in [2.24, 2.45) is 0 Å². The smallest absolute Gasteiger partial charge is 0.308 e. The van der Waals surface area contributed by atoms with Gasteiger partial charge >= 0.3 is 11.9 Å². The van der Waals surface area contributed by atoms with Gasteiger partial charge < -0.3 is 19.1 Å². The lowest BCUT2D eigenvalue weighted by atomic mass is 9.85. The molecule has 0 N–H and O–H groups in total. The van der Waals surface area contributed by atoms with Crippen molar-refractivity contribution >= 4 is 11.9 Å². The lowest BCUT2D eigenvalue weighted by Gasteiger charge is -2.26. The highest BCUT2D eigenvalue weighted by Crippen LogP contribution is 2.49. The number of esters is 2. The predicted molar refractivity (Wildman–Crippen MR) is 101 cm³/mol. The van der Waals surface area contributed by atoms with E-state index in [1.807, 2.05) is 12.1 Å². The van der Waals surface area contributed by atoms with Crippen molar-refractivity contribution in [3.63, 3.8) is 0 Å². The van der Waals surface area contributed by atoms with Gasteiger partial charge in [-0.3, -0.25) is 9.59 Å². The van der Waals surface area contributed by atoms with E-state index in [9.17, 15) is 9.59 Å². The van der Waals surface area contributed by atoms with E-state index in [1.165, 1.54) is 19.4 Å². The zero-order chi connectivity index (χ0) is 19.6. The van der Waals surface area contributed by atoms with E-state index < -0.39 is 0 Å². The largest absolute Gasteiger partial charge is 0.485 e. The van der Waals surface area contributed by atoms with Crippen LogP contribution in [-0.2, 0) is 20.9 Å². The Hall–Kier alpha value is -2.34. The van der Waals surface area contributed by atoms with Crippen molar-refractivity contribution in [2.45, 2.75) is 58.3 Å². The van der Waals surface area contributed by atoms with Crippen molar-refractivity contribution in [1.29, 1.82) is 0 Å². The maximum absolute atomic E-state index is 11.5. The molecular weight excluding hydrogens is 346 g/mol. The molecule has 2 aliphatic rings. The Balaban J connectivity index is 1.94. The molecule has 6 heteroatoms. The third-order valence-corrected chi connectivity index (χ3v) is 4.87. The number of fused-ring (bicyclic) bond motifs is 3. The first-order chi connectivity index (χ1) is 12.9. The molecule has 1 aromatic rings. The first kappa shape index (κ1) is 19.4. The van der Waals surface area contributed by atoms with E-state index in [2.05, 4.69) is 24.9 Å². The molecule has 6 nitrogen and oxygen atoms in total. The van der Waals surface area contributed by atoms with Crippen LogP contribution in [0.1, 0.15) is 50.7 Å². The Kier molecular flexibility index (Phi) is 5.85. The van der Waals surface area contributed by atoms with Gasteiger partial charge in [-0.25, -0.2) is 0 Å². The summed E-state index contributed by atoms with van der Waals surface area (Å²) < 4.78 is 16.9. The van der Waals surface area contributed by atoms with Crippen molar-refractivity contribution < 1.29 is 23.8 Å². The summed E-state index contributed by atoms with van der Waals surface area (Å²) in [5.74, 6) is 0.468. The van der Waals surface area contributed by atoms with Crippen LogP contribution in [0.3, 0.4) is 0 Å². The second kappa shape index (κ2) is 8.13. The zero-order valence-electron chi connectivity index (χ0n) is 16.4. The molecule has 0 aromatic heterocycles. The zero-order valence-corrected chi connectivity index (χ0v) is 16.4. The van der Waals surface area contributed by atoms with Gasteiger partial charge in [-0.05, 0) is 37.7 Å². The average Bonchev–Trinajstić information content (AvgIpc) is 2.95. The summed E-state index contributed by atoms with van der Waals surface area (Å²) in [7, 11) is 2.09. The number of rotatable bonds is 6. The van der Waals surface area contributed by atoms with Gasteiger partial charge in [0.2, 0.25) is 0 Å². The van der Waals surface area contributed by atoms with Gasteiger partial charge in [0.15, 0.2) is 11.5 Å². The summed E-state index contributed by atoms with van der Waals surface area (Å²) in [6.07, 6.45) is 5.21. The second-order valence-corrected chi connectivity index (χ2v) is 7.25. The SMILES string of the molecule is CCCN(C)Cc1ccc(OC(C)=O)c2c1[C@@H]1C=C[C@H](OC(C)=O)C[C@@H]1O2. The Morgan fingerprint density at radius 1 is 1.22 bits per heavy atom. The van der Waals surface area contributed by atoms with E-state index in [-0.39, 0.29) is 30.1 Å². The second-order valence-electron chi connectivity index (χ2n) is 7.25. The van der Waals surface area contributed by atoms with E-state index in [0.29, 0.717) is 17.9 Å². The maximum atomic E-state index is 11.5. The van der Waals surface area contributed by atoms with Crippen molar-refractivity contribution in [3.8, 4) is 11.5 Å². The molecule has 0 spiro atoms. The van der Waals surface area contributed by atoms with Crippen LogP contribution in [-0.4, -0.2) is 42.6 Å². The Morgan fingerprint density at radius 3 is 2.67 bits per heavy atom. The van der Waals surface area contributed by atoms with Crippen LogP contribution in [0.25, 0.3) is 0 Å². The van der Waals surface area contributed by atoms with Crippen LogP contribution >= 0.6 is 0 Å². The molecule has 1 aliphatic carbocycles. The molecule has 0 unspecified atom stereocenters. The van der Waals surface area contributed by atoms with Crippen LogP contribution in [0.2, 0.25) is 0 Å².